The van der Waals surface area contributed by atoms with Crippen molar-refractivity contribution in [1.82, 2.24) is 34.7 Å². The fourth-order valence-electron chi connectivity index (χ4n) is 12.4. The molecule has 5 N–H and O–H groups in total. The van der Waals surface area contributed by atoms with Crippen LogP contribution in [0.3, 0.4) is 0 Å². The molecule has 9 rings (SSSR count). The van der Waals surface area contributed by atoms with Gasteiger partial charge in [0.05, 0.1) is 22.8 Å². The van der Waals surface area contributed by atoms with Gasteiger partial charge in [0, 0.05) is 29.2 Å². The number of fused-ring (bicyclic) bond motifs is 8. The van der Waals surface area contributed by atoms with E-state index in [0.717, 1.165) is 47.8 Å². The first-order valence-electron chi connectivity index (χ1n) is 31.8. The Kier molecular flexibility index (Phi) is 24.5. The molecule has 0 aliphatic carbocycles. The lowest BCUT2D eigenvalue weighted by molar-refractivity contribution is 0.456. The highest BCUT2D eigenvalue weighted by atomic mass is 32.2. The van der Waals surface area contributed by atoms with E-state index in [9.17, 15) is 51.9 Å². The normalized spacial score (nSPS) is 14.2. The number of aryl methyl sites for hydroxylation is 3. The van der Waals surface area contributed by atoms with Crippen LogP contribution in [0.2, 0.25) is 0 Å². The molecule has 24 heteroatoms. The summed E-state index contributed by atoms with van der Waals surface area (Å²) in [6.45, 7) is 0.440. The number of hydrogen-bond acceptors (Lipinski definition) is 14. The summed E-state index contributed by atoms with van der Waals surface area (Å²) in [4.78, 5) is 24.2. The number of nitrogens with zero attached hydrogens (tertiary/aromatic N) is 7. The van der Waals surface area contributed by atoms with Crippen LogP contribution in [0, 0.1) is 0 Å². The van der Waals surface area contributed by atoms with Crippen molar-refractivity contribution in [3.63, 3.8) is 0 Å². The first-order valence-corrected chi connectivity index (χ1v) is 37.9. The maximum atomic E-state index is 12.6. The van der Waals surface area contributed by atoms with Gasteiger partial charge in [-0.2, -0.15) is 38.7 Å². The van der Waals surface area contributed by atoms with E-state index in [1.807, 2.05) is 28.9 Å². The second kappa shape index (κ2) is 32.6. The predicted molar refractivity (Wildman–Crippen MR) is 360 cm³/mol. The van der Waals surface area contributed by atoms with Gasteiger partial charge < -0.3 is 4.98 Å². The van der Waals surface area contributed by atoms with E-state index >= 15 is 0 Å². The molecule has 3 aromatic heterocycles. The average Bonchev–Trinajstić information content (AvgIpc) is 1.70. The van der Waals surface area contributed by atoms with Gasteiger partial charge in [0.1, 0.15) is 21.0 Å². The SMILES string of the molecule is O=S(=O)(O)C(CCCCCCC1=Nc2nc1c(CCCCCCC(c1ccccc1)S(=O)(=O)O)c1[nH]c(cc3nc(cc4nnc(n2)n4CCCCCCC(c2ccccc2)S(=O)(=O)O)C=C3)cc1CCCCCCC(c1ccccc1)S(=O)(=O)O)c1ccccc1. The number of nitrogens with one attached hydrogen (secondary N) is 1. The summed E-state index contributed by atoms with van der Waals surface area (Å²) in [7, 11) is -17.4. The van der Waals surface area contributed by atoms with Crippen LogP contribution in [-0.4, -0.2) is 92.3 Å². The van der Waals surface area contributed by atoms with Crippen molar-refractivity contribution in [2.45, 2.75) is 175 Å². The molecule has 7 aromatic rings. The number of rotatable bonds is 36. The van der Waals surface area contributed by atoms with E-state index in [0.29, 0.717) is 154 Å². The zero-order chi connectivity index (χ0) is 65.1. The third-order valence-corrected chi connectivity index (χ3v) is 22.0. The monoisotopic (exact) mass is 1330 g/mol. The van der Waals surface area contributed by atoms with Gasteiger partial charge in [-0.1, -0.05) is 198 Å². The summed E-state index contributed by atoms with van der Waals surface area (Å²) in [5.74, 6) is 0.433. The molecule has 2 aliphatic rings. The van der Waals surface area contributed by atoms with Gasteiger partial charge in [0.15, 0.2) is 5.65 Å². The Labute approximate surface area is 540 Å². The average molecular weight is 1330 g/mol. The van der Waals surface area contributed by atoms with E-state index in [1.165, 1.54) is 0 Å². The lowest BCUT2D eigenvalue weighted by Gasteiger charge is -2.14. The van der Waals surface area contributed by atoms with Crippen LogP contribution in [0.15, 0.2) is 145 Å². The van der Waals surface area contributed by atoms with Crippen molar-refractivity contribution in [1.29, 1.82) is 0 Å². The largest absolute Gasteiger partial charge is 0.355 e. The minimum atomic E-state index is -4.38. The highest BCUT2D eigenvalue weighted by Crippen LogP contribution is 2.34. The number of aromatic amines is 1. The molecule has 20 nitrogen and oxygen atoms in total. The molecule has 0 radical (unpaired) electrons. The third-order valence-electron chi connectivity index (χ3n) is 17.1. The molecular formula is C68H82N8O12S4. The molecule has 92 heavy (non-hydrogen) atoms. The maximum Gasteiger partial charge on any atom is 0.271 e. The van der Waals surface area contributed by atoms with Crippen LogP contribution in [0.5, 0.6) is 0 Å². The van der Waals surface area contributed by atoms with Gasteiger partial charge in [-0.15, -0.1) is 10.2 Å². The molecule has 4 atom stereocenters. The fraction of sp³-hybridized carbons (Fsp3) is 0.412. The maximum absolute atomic E-state index is 12.6. The van der Waals surface area contributed by atoms with Crippen molar-refractivity contribution < 1.29 is 51.9 Å². The molecule has 0 fully saturated rings. The molecule has 8 bridgehead atoms. The lowest BCUT2D eigenvalue weighted by Crippen LogP contribution is -2.12. The smallest absolute Gasteiger partial charge is 0.271 e. The van der Waals surface area contributed by atoms with Gasteiger partial charge in [-0.3, -0.25) is 22.8 Å². The molecule has 4 unspecified atom stereocenters. The van der Waals surface area contributed by atoms with Gasteiger partial charge >= 0.3 is 0 Å². The second-order valence-corrected chi connectivity index (χ2v) is 30.2. The topological polar surface area (TPSA) is 315 Å². The zero-order valence-electron chi connectivity index (χ0n) is 51.5. The van der Waals surface area contributed by atoms with Crippen molar-refractivity contribution in [3.8, 4) is 0 Å². The Bertz CT molecular complexity index is 4290. The zero-order valence-corrected chi connectivity index (χ0v) is 54.8. The Hall–Kier alpha value is -7.16. The summed E-state index contributed by atoms with van der Waals surface area (Å²) in [5.41, 5.74) is 8.86. The van der Waals surface area contributed by atoms with Crippen molar-refractivity contribution >= 4 is 86.7 Å². The standard InChI is InChI=1S/C68H82N8O12S4/c77-89(78,79)60(50-29-14-9-15-30-50)40-24-4-1-13-37-54-47-57-48-55-44-45-56(69-55)49-64-74-75-68(76(64)46-28-8-7-27-43-63(92(86,87)88)53-35-20-12-21-36-53)73-67-71-59(39-23-3-6-26-42-62(91(83,84)85)52-33-18-11-19-34-52)66(72-67)58(65(54)70-57)38-22-2-5-25-41-61(90(80,81)82)51-31-16-10-17-32-51/h9-12,14-21,29-36,44-45,47-49,60-63,70H,1-8,13,22-28,37-43,46H2,(H,77,78,79)(H,80,81,82)(H,83,84,85)(H,86,87,88). The van der Waals surface area contributed by atoms with E-state index in [1.54, 1.807) is 121 Å². The molecule has 0 spiro atoms. The number of aliphatic imine (C=N–C) groups is 1. The minimum Gasteiger partial charge on any atom is -0.355 e. The van der Waals surface area contributed by atoms with E-state index in [2.05, 4.69) is 21.2 Å². The first-order chi connectivity index (χ1) is 44.2. The summed E-state index contributed by atoms with van der Waals surface area (Å²) in [6.07, 6.45) is 17.1. The van der Waals surface area contributed by atoms with Crippen molar-refractivity contribution in [2.24, 2.45) is 4.99 Å². The molecule has 0 amide bonds. The van der Waals surface area contributed by atoms with Crippen LogP contribution in [0.4, 0.5) is 5.95 Å². The first kappa shape index (κ1) is 69.2. The van der Waals surface area contributed by atoms with Gasteiger partial charge in [0.2, 0.25) is 0 Å². The lowest BCUT2D eigenvalue weighted by atomic mass is 9.96. The summed E-state index contributed by atoms with van der Waals surface area (Å²) in [6, 6.07) is 40.8. The number of benzene rings is 4. The summed E-state index contributed by atoms with van der Waals surface area (Å²) in [5, 5.41) is 5.00. The molecular weight excluding hydrogens is 1250 g/mol. The van der Waals surface area contributed by atoms with Crippen molar-refractivity contribution in [2.75, 3.05) is 0 Å². The number of aromatic nitrogens is 7. The molecule has 2 aliphatic heterocycles. The fourth-order valence-corrected chi connectivity index (χ4v) is 16.3. The number of hydrogen-bond donors (Lipinski definition) is 5. The van der Waals surface area contributed by atoms with Gasteiger partial charge in [-0.25, -0.2) is 15.0 Å². The quantitative estimate of drug-likeness (QED) is 0.0180. The summed E-state index contributed by atoms with van der Waals surface area (Å²) < 4.78 is 143. The number of unbranched alkanes of at least 4 members (excludes halogenated alkanes) is 12. The third kappa shape index (κ3) is 19.9. The van der Waals surface area contributed by atoms with Crippen LogP contribution < -0.4 is 0 Å². The molecule has 5 heterocycles. The highest BCUT2D eigenvalue weighted by molar-refractivity contribution is 7.86. The van der Waals surface area contributed by atoms with E-state index < -0.39 is 61.5 Å². The Morgan fingerprint density at radius 2 is 0.815 bits per heavy atom. The molecule has 0 saturated heterocycles. The minimum absolute atomic E-state index is 0.167. The molecule has 490 valence electrons. The Morgan fingerprint density at radius 3 is 1.26 bits per heavy atom. The van der Waals surface area contributed by atoms with Crippen LogP contribution in [0.1, 0.15) is 206 Å². The van der Waals surface area contributed by atoms with Crippen LogP contribution >= 0.6 is 0 Å². The summed E-state index contributed by atoms with van der Waals surface area (Å²) >= 11 is 0. The van der Waals surface area contributed by atoms with E-state index in [-0.39, 0.29) is 37.4 Å². The highest BCUT2D eigenvalue weighted by Gasteiger charge is 2.29. The number of H-pyrrole nitrogens is 1. The van der Waals surface area contributed by atoms with Crippen LogP contribution in [0.25, 0.3) is 34.6 Å². The van der Waals surface area contributed by atoms with Gasteiger partial charge in [0.25, 0.3) is 52.2 Å². The van der Waals surface area contributed by atoms with Crippen molar-refractivity contribution in [3.05, 3.63) is 190 Å². The Balaban J connectivity index is 1.04. The van der Waals surface area contributed by atoms with Crippen LogP contribution in [-0.2, 0) is 59.9 Å². The second-order valence-electron chi connectivity index (χ2n) is 23.8. The molecule has 0 saturated carbocycles. The Morgan fingerprint density at radius 1 is 0.413 bits per heavy atom. The van der Waals surface area contributed by atoms with Gasteiger partial charge in [-0.05, 0) is 123 Å². The molecule has 4 aromatic carbocycles. The van der Waals surface area contributed by atoms with E-state index in [4.69, 9.17) is 19.9 Å². The predicted octanol–water partition coefficient (Wildman–Crippen LogP) is 15.1.